The maximum atomic E-state index is 12.4. The summed E-state index contributed by atoms with van der Waals surface area (Å²) in [4.78, 5) is 12.4. The Morgan fingerprint density at radius 2 is 1.83 bits per heavy atom. The molecule has 0 bridgehead atoms. The molecule has 0 aliphatic heterocycles. The molecule has 0 spiro atoms. The third-order valence-electron chi connectivity index (χ3n) is 4.00. The van der Waals surface area contributed by atoms with E-state index in [0.29, 0.717) is 36.2 Å². The van der Waals surface area contributed by atoms with Crippen molar-refractivity contribution in [1.82, 2.24) is 20.2 Å². The average Bonchev–Trinajstić information content (AvgIpc) is 3.15. The fourth-order valence-corrected chi connectivity index (χ4v) is 2.73. The van der Waals surface area contributed by atoms with Gasteiger partial charge in [-0.05, 0) is 61.5 Å². The van der Waals surface area contributed by atoms with Crippen molar-refractivity contribution in [3.63, 3.8) is 0 Å². The van der Waals surface area contributed by atoms with Crippen LogP contribution in [0.5, 0.6) is 11.5 Å². The molecule has 1 aromatic heterocycles. The Kier molecular flexibility index (Phi) is 6.62. The molecular weight excluding hydrogens is 372 g/mol. The molecule has 29 heavy (non-hydrogen) atoms. The number of aromatic nitrogens is 4. The lowest BCUT2D eigenvalue weighted by atomic mass is 10.2. The zero-order chi connectivity index (χ0) is 20.6. The highest BCUT2D eigenvalue weighted by molar-refractivity contribution is 5.94. The lowest BCUT2D eigenvalue weighted by molar-refractivity contribution is -0.114. The maximum absolute atomic E-state index is 12.4. The van der Waals surface area contributed by atoms with Crippen LogP contribution < -0.4 is 20.1 Å². The number of nitrogens with one attached hydrogen (secondary N) is 2. The Morgan fingerprint density at radius 3 is 2.55 bits per heavy atom. The van der Waals surface area contributed by atoms with Crippen LogP contribution in [0, 0.1) is 6.92 Å². The first-order valence-electron chi connectivity index (χ1n) is 9.39. The van der Waals surface area contributed by atoms with Crippen LogP contribution in [0.15, 0.2) is 42.5 Å². The molecule has 0 radical (unpaired) electrons. The molecule has 0 unspecified atom stereocenters. The van der Waals surface area contributed by atoms with Crippen molar-refractivity contribution >= 4 is 17.3 Å². The molecule has 9 nitrogen and oxygen atoms in total. The summed E-state index contributed by atoms with van der Waals surface area (Å²) in [7, 11) is 0. The van der Waals surface area contributed by atoms with Crippen molar-refractivity contribution in [1.29, 1.82) is 0 Å². The van der Waals surface area contributed by atoms with E-state index in [4.69, 9.17) is 9.47 Å². The van der Waals surface area contributed by atoms with Crippen LogP contribution in [0.25, 0.3) is 5.69 Å². The van der Waals surface area contributed by atoms with E-state index in [1.807, 2.05) is 45.0 Å². The van der Waals surface area contributed by atoms with E-state index in [0.717, 1.165) is 11.4 Å². The van der Waals surface area contributed by atoms with Crippen molar-refractivity contribution in [3.8, 4) is 17.2 Å². The van der Waals surface area contributed by atoms with Gasteiger partial charge in [0.2, 0.25) is 5.91 Å². The Bertz CT molecular complexity index is 972. The van der Waals surface area contributed by atoms with Crippen molar-refractivity contribution in [2.75, 3.05) is 30.4 Å². The number of hydrogen-bond acceptors (Lipinski definition) is 7. The summed E-state index contributed by atoms with van der Waals surface area (Å²) in [5, 5.41) is 17.4. The van der Waals surface area contributed by atoms with E-state index in [-0.39, 0.29) is 12.5 Å². The number of carbonyl (C=O) groups is 1. The normalized spacial score (nSPS) is 10.4. The number of anilines is 2. The Labute approximate surface area is 169 Å². The van der Waals surface area contributed by atoms with Crippen LogP contribution >= 0.6 is 0 Å². The van der Waals surface area contributed by atoms with Gasteiger partial charge in [-0.1, -0.05) is 6.07 Å². The van der Waals surface area contributed by atoms with Gasteiger partial charge in [-0.2, -0.15) is 4.68 Å². The summed E-state index contributed by atoms with van der Waals surface area (Å²) in [6.07, 6.45) is 0. The molecule has 0 saturated carbocycles. The fourth-order valence-electron chi connectivity index (χ4n) is 2.73. The number of rotatable bonds is 9. The molecule has 3 rings (SSSR count). The predicted octanol–water partition coefficient (Wildman–Crippen LogP) is 2.82. The van der Waals surface area contributed by atoms with Gasteiger partial charge < -0.3 is 20.1 Å². The number of benzene rings is 2. The molecule has 0 fully saturated rings. The highest BCUT2D eigenvalue weighted by Gasteiger charge is 2.09. The first-order valence-corrected chi connectivity index (χ1v) is 9.39. The van der Waals surface area contributed by atoms with Crippen LogP contribution in [-0.2, 0) is 4.79 Å². The minimum absolute atomic E-state index is 0.106. The number of aryl methyl sites for hydroxylation is 1. The molecule has 0 atom stereocenters. The van der Waals surface area contributed by atoms with E-state index in [1.54, 1.807) is 22.9 Å². The largest absolute Gasteiger partial charge is 0.490 e. The quantitative estimate of drug-likeness (QED) is 0.573. The number of nitrogens with zero attached hydrogens (tertiary/aromatic N) is 4. The third-order valence-corrected chi connectivity index (χ3v) is 4.00. The van der Waals surface area contributed by atoms with Crippen LogP contribution in [-0.4, -0.2) is 45.9 Å². The van der Waals surface area contributed by atoms with Crippen molar-refractivity contribution < 1.29 is 14.3 Å². The molecule has 1 heterocycles. The minimum Gasteiger partial charge on any atom is -0.490 e. The second-order valence-electron chi connectivity index (χ2n) is 6.12. The van der Waals surface area contributed by atoms with Crippen molar-refractivity contribution in [3.05, 3.63) is 48.3 Å². The molecule has 152 valence electrons. The van der Waals surface area contributed by atoms with E-state index in [1.165, 1.54) is 0 Å². The van der Waals surface area contributed by atoms with Gasteiger partial charge in [0.25, 0.3) is 0 Å². The van der Waals surface area contributed by atoms with Gasteiger partial charge in [0.15, 0.2) is 17.3 Å². The Balaban J connectivity index is 1.62. The first-order chi connectivity index (χ1) is 14.1. The second kappa shape index (κ2) is 9.54. The van der Waals surface area contributed by atoms with Crippen LogP contribution in [0.3, 0.4) is 0 Å². The fraction of sp³-hybridized carbons (Fsp3) is 0.300. The van der Waals surface area contributed by atoms with Gasteiger partial charge in [0, 0.05) is 17.4 Å². The number of carbonyl (C=O) groups excluding carboxylic acids is 1. The zero-order valence-corrected chi connectivity index (χ0v) is 16.7. The first kappa shape index (κ1) is 20.1. The summed E-state index contributed by atoms with van der Waals surface area (Å²) >= 11 is 0. The third kappa shape index (κ3) is 5.22. The van der Waals surface area contributed by atoms with Crippen LogP contribution in [0.2, 0.25) is 0 Å². The molecule has 1 amide bonds. The van der Waals surface area contributed by atoms with Gasteiger partial charge in [-0.15, -0.1) is 5.10 Å². The maximum Gasteiger partial charge on any atom is 0.243 e. The molecule has 9 heteroatoms. The standard InChI is InChI=1S/C20H24N6O3/c1-4-28-18-10-9-16(12-19(18)29-5-2)22-20(27)13-21-15-7-6-8-17(11-15)26-14(3)23-24-25-26/h6-12,21H,4-5,13H2,1-3H3,(H,22,27). The lowest BCUT2D eigenvalue weighted by Crippen LogP contribution is -2.21. The highest BCUT2D eigenvalue weighted by Crippen LogP contribution is 2.30. The molecule has 2 N–H and O–H groups in total. The second-order valence-corrected chi connectivity index (χ2v) is 6.12. The summed E-state index contributed by atoms with van der Waals surface area (Å²) in [5.74, 6) is 1.76. The summed E-state index contributed by atoms with van der Waals surface area (Å²) in [6, 6.07) is 12.8. The van der Waals surface area contributed by atoms with E-state index >= 15 is 0 Å². The Morgan fingerprint density at radius 1 is 1.03 bits per heavy atom. The van der Waals surface area contributed by atoms with Gasteiger partial charge >= 0.3 is 0 Å². The number of tetrazole rings is 1. The van der Waals surface area contributed by atoms with Gasteiger partial charge in [-0.25, -0.2) is 0 Å². The summed E-state index contributed by atoms with van der Waals surface area (Å²) in [6.45, 7) is 6.79. The smallest absolute Gasteiger partial charge is 0.243 e. The predicted molar refractivity (Wildman–Crippen MR) is 110 cm³/mol. The molecule has 0 aliphatic rings. The molecular formula is C20H24N6O3. The van der Waals surface area contributed by atoms with E-state index in [9.17, 15) is 4.79 Å². The van der Waals surface area contributed by atoms with Gasteiger partial charge in [0.1, 0.15) is 0 Å². The van der Waals surface area contributed by atoms with Crippen LogP contribution in [0.1, 0.15) is 19.7 Å². The van der Waals surface area contributed by atoms with Gasteiger partial charge in [-0.3, -0.25) is 4.79 Å². The van der Waals surface area contributed by atoms with Crippen molar-refractivity contribution in [2.24, 2.45) is 0 Å². The summed E-state index contributed by atoms with van der Waals surface area (Å²) < 4.78 is 12.8. The van der Waals surface area contributed by atoms with Crippen LogP contribution in [0.4, 0.5) is 11.4 Å². The Hall–Kier alpha value is -3.62. The monoisotopic (exact) mass is 396 g/mol. The topological polar surface area (TPSA) is 103 Å². The molecule has 2 aromatic carbocycles. The number of hydrogen-bond donors (Lipinski definition) is 2. The minimum atomic E-state index is -0.180. The highest BCUT2D eigenvalue weighted by atomic mass is 16.5. The lowest BCUT2D eigenvalue weighted by Gasteiger charge is -2.13. The molecule has 0 aliphatic carbocycles. The van der Waals surface area contributed by atoms with Gasteiger partial charge in [0.05, 0.1) is 25.4 Å². The average molecular weight is 396 g/mol. The summed E-state index contributed by atoms with van der Waals surface area (Å²) in [5.41, 5.74) is 2.24. The number of amides is 1. The van der Waals surface area contributed by atoms with Crippen molar-refractivity contribution in [2.45, 2.75) is 20.8 Å². The molecule has 0 saturated heterocycles. The zero-order valence-electron chi connectivity index (χ0n) is 16.7. The number of ether oxygens (including phenoxy) is 2. The van der Waals surface area contributed by atoms with E-state index < -0.39 is 0 Å². The molecule has 3 aromatic rings. The SMILES string of the molecule is CCOc1ccc(NC(=O)CNc2cccc(-n3nnnc3C)c2)cc1OCC. The van der Waals surface area contributed by atoms with E-state index in [2.05, 4.69) is 26.2 Å².